The van der Waals surface area contributed by atoms with Crippen LogP contribution in [0.15, 0.2) is 65.3 Å². The number of amides is 2. The molecule has 0 spiro atoms. The summed E-state index contributed by atoms with van der Waals surface area (Å²) in [5.74, 6) is 1.41. The lowest BCUT2D eigenvalue weighted by Crippen LogP contribution is -2.22. The van der Waals surface area contributed by atoms with Gasteiger partial charge in [-0.15, -0.1) is 0 Å². The van der Waals surface area contributed by atoms with Crippen LogP contribution < -0.4 is 20.1 Å². The summed E-state index contributed by atoms with van der Waals surface area (Å²) in [5.41, 5.74) is 2.02. The molecule has 2 N–H and O–H groups in total. The van der Waals surface area contributed by atoms with Crippen LogP contribution in [0, 0.1) is 5.92 Å². The highest BCUT2D eigenvalue weighted by atomic mass is 16.5. The Balaban J connectivity index is 1.54. The van der Waals surface area contributed by atoms with Crippen molar-refractivity contribution in [1.29, 1.82) is 0 Å². The van der Waals surface area contributed by atoms with Crippen LogP contribution in [0.4, 0.5) is 5.69 Å². The average Bonchev–Trinajstić information content (AvgIpc) is 3.33. The molecule has 168 valence electrons. The lowest BCUT2D eigenvalue weighted by molar-refractivity contribution is 0.0949. The molecular formula is C25H28N2O5. The molecule has 0 bridgehead atoms. The second-order valence-electron chi connectivity index (χ2n) is 7.71. The summed E-state index contributed by atoms with van der Waals surface area (Å²) < 4.78 is 16.2. The number of hydrogen-bond donors (Lipinski definition) is 2. The number of carbonyl (C=O) groups excluding carboxylic acids is 2. The van der Waals surface area contributed by atoms with Crippen LogP contribution in [0.3, 0.4) is 0 Å². The van der Waals surface area contributed by atoms with Gasteiger partial charge in [-0.3, -0.25) is 9.59 Å². The van der Waals surface area contributed by atoms with Crippen molar-refractivity contribution in [2.75, 3.05) is 19.0 Å². The lowest BCUT2D eigenvalue weighted by Gasteiger charge is -2.13. The number of hydrogen-bond acceptors (Lipinski definition) is 5. The molecule has 1 heterocycles. The third-order valence-corrected chi connectivity index (χ3v) is 4.79. The van der Waals surface area contributed by atoms with Crippen LogP contribution >= 0.6 is 0 Å². The quantitative estimate of drug-likeness (QED) is 0.472. The second-order valence-corrected chi connectivity index (χ2v) is 7.71. The van der Waals surface area contributed by atoms with Crippen molar-refractivity contribution in [3.63, 3.8) is 0 Å². The van der Waals surface area contributed by atoms with E-state index in [9.17, 15) is 9.59 Å². The fraction of sp³-hybridized carbons (Fsp3) is 0.280. The molecule has 7 heteroatoms. The number of methoxy groups -OCH3 is 1. The maximum atomic E-state index is 12.6. The van der Waals surface area contributed by atoms with Gasteiger partial charge in [0.2, 0.25) is 0 Å². The SMILES string of the molecule is COc1cc(C(=O)NCc2ccc(NC(=O)c3ccco3)cc2)ccc1OCCC(C)C. The van der Waals surface area contributed by atoms with Crippen LogP contribution in [0.2, 0.25) is 0 Å². The van der Waals surface area contributed by atoms with Gasteiger partial charge in [-0.2, -0.15) is 0 Å². The number of ether oxygens (including phenoxy) is 2. The third kappa shape index (κ3) is 6.38. The van der Waals surface area contributed by atoms with Crippen molar-refractivity contribution in [2.24, 2.45) is 5.92 Å². The van der Waals surface area contributed by atoms with Crippen LogP contribution in [-0.2, 0) is 6.54 Å². The van der Waals surface area contributed by atoms with Crippen LogP contribution in [0.5, 0.6) is 11.5 Å². The van der Waals surface area contributed by atoms with Crippen molar-refractivity contribution in [3.05, 3.63) is 77.7 Å². The maximum absolute atomic E-state index is 12.6. The maximum Gasteiger partial charge on any atom is 0.291 e. The first-order valence-corrected chi connectivity index (χ1v) is 10.5. The largest absolute Gasteiger partial charge is 0.493 e. The molecule has 0 aliphatic carbocycles. The number of furan rings is 1. The van der Waals surface area contributed by atoms with Crippen molar-refractivity contribution < 1.29 is 23.5 Å². The topological polar surface area (TPSA) is 89.8 Å². The van der Waals surface area contributed by atoms with E-state index < -0.39 is 0 Å². The minimum Gasteiger partial charge on any atom is -0.493 e. The van der Waals surface area contributed by atoms with Gasteiger partial charge in [0.05, 0.1) is 20.0 Å². The van der Waals surface area contributed by atoms with Gasteiger partial charge in [0.25, 0.3) is 11.8 Å². The predicted molar refractivity (Wildman–Crippen MR) is 122 cm³/mol. The van der Waals surface area contributed by atoms with Gasteiger partial charge in [0.15, 0.2) is 17.3 Å². The molecule has 3 aromatic rings. The standard InChI is InChI=1S/C25H28N2O5/c1-17(2)12-14-32-21-11-8-19(15-23(21)30-3)24(28)26-16-18-6-9-20(10-7-18)27-25(29)22-5-4-13-31-22/h4-11,13,15,17H,12,14,16H2,1-3H3,(H,26,28)(H,27,29). The normalized spacial score (nSPS) is 10.6. The Morgan fingerprint density at radius 2 is 1.78 bits per heavy atom. The van der Waals surface area contributed by atoms with E-state index in [4.69, 9.17) is 13.9 Å². The highest BCUT2D eigenvalue weighted by Crippen LogP contribution is 2.28. The van der Waals surface area contributed by atoms with Crippen LogP contribution in [0.25, 0.3) is 0 Å². The highest BCUT2D eigenvalue weighted by Gasteiger charge is 2.12. The molecule has 1 aromatic heterocycles. The summed E-state index contributed by atoms with van der Waals surface area (Å²) >= 11 is 0. The van der Waals surface area contributed by atoms with Crippen molar-refractivity contribution in [3.8, 4) is 11.5 Å². The van der Waals surface area contributed by atoms with E-state index in [1.54, 1.807) is 49.6 Å². The summed E-state index contributed by atoms with van der Waals surface area (Å²) in [6.45, 7) is 5.22. The van der Waals surface area contributed by atoms with Crippen molar-refractivity contribution in [2.45, 2.75) is 26.8 Å². The van der Waals surface area contributed by atoms with Gasteiger partial charge < -0.3 is 24.5 Å². The number of benzene rings is 2. The monoisotopic (exact) mass is 436 g/mol. The minimum absolute atomic E-state index is 0.216. The van der Waals surface area contributed by atoms with Gasteiger partial charge >= 0.3 is 0 Å². The van der Waals surface area contributed by atoms with Gasteiger partial charge in [-0.1, -0.05) is 26.0 Å². The molecule has 0 aliphatic heterocycles. The Morgan fingerprint density at radius 3 is 2.44 bits per heavy atom. The molecule has 0 radical (unpaired) electrons. The second kappa shape index (κ2) is 11.0. The fourth-order valence-electron chi connectivity index (χ4n) is 2.92. The summed E-state index contributed by atoms with van der Waals surface area (Å²) in [4.78, 5) is 24.6. The highest BCUT2D eigenvalue weighted by molar-refractivity contribution is 6.02. The van der Waals surface area contributed by atoms with E-state index >= 15 is 0 Å². The molecule has 0 atom stereocenters. The van der Waals surface area contributed by atoms with E-state index in [0.29, 0.717) is 41.8 Å². The summed E-state index contributed by atoms with van der Waals surface area (Å²) in [6.07, 6.45) is 2.39. The molecule has 0 aliphatic rings. The van der Waals surface area contributed by atoms with E-state index in [1.165, 1.54) is 6.26 Å². The number of anilines is 1. The summed E-state index contributed by atoms with van der Waals surface area (Å²) in [5, 5.41) is 5.64. The zero-order valence-electron chi connectivity index (χ0n) is 18.5. The van der Waals surface area contributed by atoms with Crippen LogP contribution in [-0.4, -0.2) is 25.5 Å². The number of nitrogens with one attached hydrogen (secondary N) is 2. The average molecular weight is 437 g/mol. The number of rotatable bonds is 10. The Kier molecular flexibility index (Phi) is 7.91. The van der Waals surface area contributed by atoms with Gasteiger partial charge in [-0.25, -0.2) is 0 Å². The first-order chi connectivity index (χ1) is 15.5. The van der Waals surface area contributed by atoms with Gasteiger partial charge in [-0.05, 0) is 60.4 Å². The van der Waals surface area contributed by atoms with Gasteiger partial charge in [0, 0.05) is 17.8 Å². The Hall–Kier alpha value is -3.74. The molecule has 2 amide bonds. The molecule has 0 fully saturated rings. The first-order valence-electron chi connectivity index (χ1n) is 10.5. The van der Waals surface area contributed by atoms with Crippen molar-refractivity contribution >= 4 is 17.5 Å². The summed E-state index contributed by atoms with van der Waals surface area (Å²) in [7, 11) is 1.55. The van der Waals surface area contributed by atoms with Gasteiger partial charge in [0.1, 0.15) is 0 Å². The molecule has 32 heavy (non-hydrogen) atoms. The molecular weight excluding hydrogens is 408 g/mol. The van der Waals surface area contributed by atoms with Crippen LogP contribution in [0.1, 0.15) is 46.7 Å². The minimum atomic E-state index is -0.318. The molecule has 0 unspecified atom stereocenters. The first kappa shape index (κ1) is 22.9. The predicted octanol–water partition coefficient (Wildman–Crippen LogP) is 4.90. The fourth-order valence-corrected chi connectivity index (χ4v) is 2.92. The third-order valence-electron chi connectivity index (χ3n) is 4.79. The zero-order chi connectivity index (χ0) is 22.9. The Bertz CT molecular complexity index is 1030. The lowest BCUT2D eigenvalue weighted by atomic mass is 10.1. The molecule has 2 aromatic carbocycles. The van der Waals surface area contributed by atoms with E-state index in [2.05, 4.69) is 24.5 Å². The molecule has 0 saturated carbocycles. The molecule has 0 saturated heterocycles. The number of carbonyl (C=O) groups is 2. The Labute approximate surface area is 187 Å². The van der Waals surface area contributed by atoms with E-state index in [0.717, 1.165) is 12.0 Å². The van der Waals surface area contributed by atoms with E-state index in [1.807, 2.05) is 12.1 Å². The van der Waals surface area contributed by atoms with Crippen molar-refractivity contribution in [1.82, 2.24) is 5.32 Å². The molecule has 3 rings (SSSR count). The van der Waals surface area contributed by atoms with E-state index in [-0.39, 0.29) is 17.6 Å². The Morgan fingerprint density at radius 1 is 1.00 bits per heavy atom. The summed E-state index contributed by atoms with van der Waals surface area (Å²) in [6, 6.07) is 15.6. The molecule has 7 nitrogen and oxygen atoms in total. The zero-order valence-corrected chi connectivity index (χ0v) is 18.5. The smallest absolute Gasteiger partial charge is 0.291 e.